The highest BCUT2D eigenvalue weighted by atomic mass is 16.6. The van der Waals surface area contributed by atoms with E-state index >= 15 is 0 Å². The summed E-state index contributed by atoms with van der Waals surface area (Å²) in [6.07, 6.45) is 0.175. The lowest BCUT2D eigenvalue weighted by Crippen LogP contribution is -2.05. The van der Waals surface area contributed by atoms with Crippen LogP contribution in [0.2, 0.25) is 0 Å². The minimum absolute atomic E-state index is 0.0475. The van der Waals surface area contributed by atoms with Gasteiger partial charge in [0.15, 0.2) is 5.75 Å². The predicted molar refractivity (Wildman–Crippen MR) is 50.7 cm³/mol. The Hall–Kier alpha value is -2.11. The first kappa shape index (κ1) is 11.0. The van der Waals surface area contributed by atoms with Crippen molar-refractivity contribution >= 4 is 11.7 Å². The number of rotatable bonds is 3. The number of hydrogen-bond donors (Lipinski definition) is 1. The number of aromatic hydroxyl groups is 1. The number of phenolic OH excluding ortho intramolecular Hbond substituents is 1. The fourth-order valence-electron chi connectivity index (χ4n) is 0.917. The average molecular weight is 211 g/mol. The van der Waals surface area contributed by atoms with Crippen LogP contribution in [0.25, 0.3) is 0 Å². The molecule has 0 amide bonds. The molecule has 1 aromatic rings. The molecule has 1 rings (SSSR count). The molecule has 0 saturated carbocycles. The van der Waals surface area contributed by atoms with Gasteiger partial charge in [-0.2, -0.15) is 0 Å². The molecule has 0 radical (unpaired) electrons. The van der Waals surface area contributed by atoms with Crippen LogP contribution < -0.4 is 4.74 Å². The summed E-state index contributed by atoms with van der Waals surface area (Å²) < 4.78 is 4.75. The highest BCUT2D eigenvalue weighted by Gasteiger charge is 2.15. The number of phenols is 1. The van der Waals surface area contributed by atoms with Crippen molar-refractivity contribution in [2.24, 2.45) is 0 Å². The van der Waals surface area contributed by atoms with Crippen LogP contribution in [-0.2, 0) is 4.79 Å². The molecular formula is C9H9NO5. The topological polar surface area (TPSA) is 89.7 Å². The van der Waals surface area contributed by atoms with Crippen molar-refractivity contribution < 1.29 is 19.6 Å². The fraction of sp³-hybridized carbons (Fsp3) is 0.222. The van der Waals surface area contributed by atoms with E-state index in [1.807, 2.05) is 0 Å². The van der Waals surface area contributed by atoms with Gasteiger partial charge in [0.25, 0.3) is 0 Å². The number of nitrogens with zero attached hydrogens (tertiary/aromatic N) is 1. The monoisotopic (exact) mass is 211 g/mol. The molecule has 1 N–H and O–H groups in total. The summed E-state index contributed by atoms with van der Waals surface area (Å²) in [5.41, 5.74) is -0.489. The highest BCUT2D eigenvalue weighted by molar-refractivity contribution is 5.72. The number of esters is 1. The standard InChI is InChI=1S/C9H9NO5/c1-2-9(12)15-6-3-4-8(11)7(5-6)10(13)14/h3-5,11H,2H2,1H3. The van der Waals surface area contributed by atoms with Gasteiger partial charge in [-0.05, 0) is 12.1 Å². The van der Waals surface area contributed by atoms with Crippen LogP contribution in [0, 0.1) is 10.1 Å². The van der Waals surface area contributed by atoms with E-state index in [4.69, 9.17) is 9.84 Å². The molecule has 1 aromatic carbocycles. The van der Waals surface area contributed by atoms with Crippen LogP contribution >= 0.6 is 0 Å². The van der Waals surface area contributed by atoms with Crippen LogP contribution in [0.15, 0.2) is 18.2 Å². The predicted octanol–water partition coefficient (Wildman–Crippen LogP) is 1.62. The van der Waals surface area contributed by atoms with Crippen LogP contribution in [0.5, 0.6) is 11.5 Å². The molecule has 0 saturated heterocycles. The van der Waals surface area contributed by atoms with Crippen molar-refractivity contribution in [1.29, 1.82) is 0 Å². The number of nitro groups is 1. The van der Waals surface area contributed by atoms with Gasteiger partial charge >= 0.3 is 11.7 Å². The molecule has 0 aromatic heterocycles. The Labute approximate surface area is 85.2 Å². The van der Waals surface area contributed by atoms with Gasteiger partial charge in [0.05, 0.1) is 11.0 Å². The quantitative estimate of drug-likeness (QED) is 0.355. The Bertz CT molecular complexity index is 401. The minimum atomic E-state index is -0.751. The largest absolute Gasteiger partial charge is 0.502 e. The average Bonchev–Trinajstić information content (AvgIpc) is 2.20. The Morgan fingerprint density at radius 2 is 2.27 bits per heavy atom. The first-order valence-electron chi connectivity index (χ1n) is 4.22. The summed E-state index contributed by atoms with van der Waals surface area (Å²) in [6.45, 7) is 1.61. The van der Waals surface area contributed by atoms with Gasteiger partial charge in [-0.25, -0.2) is 0 Å². The third-order valence-electron chi connectivity index (χ3n) is 1.66. The molecule has 6 heteroatoms. The van der Waals surface area contributed by atoms with Crippen molar-refractivity contribution in [3.63, 3.8) is 0 Å². The van der Waals surface area contributed by atoms with Gasteiger partial charge in [0, 0.05) is 6.42 Å². The van der Waals surface area contributed by atoms with Crippen molar-refractivity contribution in [2.45, 2.75) is 13.3 Å². The Kier molecular flexibility index (Phi) is 3.22. The van der Waals surface area contributed by atoms with Gasteiger partial charge in [-0.15, -0.1) is 0 Å². The smallest absolute Gasteiger partial charge is 0.314 e. The number of carbonyl (C=O) groups excluding carboxylic acids is 1. The third kappa shape index (κ3) is 2.67. The second-order valence-corrected chi connectivity index (χ2v) is 2.74. The zero-order chi connectivity index (χ0) is 11.4. The van der Waals surface area contributed by atoms with Gasteiger partial charge in [0.2, 0.25) is 0 Å². The number of hydrogen-bond acceptors (Lipinski definition) is 5. The second kappa shape index (κ2) is 4.41. The van der Waals surface area contributed by atoms with E-state index in [1.165, 1.54) is 6.07 Å². The zero-order valence-electron chi connectivity index (χ0n) is 7.97. The molecular weight excluding hydrogens is 202 g/mol. The highest BCUT2D eigenvalue weighted by Crippen LogP contribution is 2.29. The van der Waals surface area contributed by atoms with Crippen molar-refractivity contribution in [3.8, 4) is 11.5 Å². The summed E-state index contributed by atoms with van der Waals surface area (Å²) in [7, 11) is 0. The molecule has 0 heterocycles. The molecule has 0 unspecified atom stereocenters. The third-order valence-corrected chi connectivity index (χ3v) is 1.66. The first-order valence-corrected chi connectivity index (χ1v) is 4.22. The molecule has 0 aliphatic carbocycles. The van der Waals surface area contributed by atoms with Gasteiger partial charge in [-0.1, -0.05) is 6.92 Å². The number of ether oxygens (including phenoxy) is 1. The van der Waals surface area contributed by atoms with E-state index in [0.29, 0.717) is 0 Å². The van der Waals surface area contributed by atoms with Gasteiger partial charge in [0.1, 0.15) is 5.75 Å². The Morgan fingerprint density at radius 1 is 1.60 bits per heavy atom. The normalized spacial score (nSPS) is 9.67. The van der Waals surface area contributed by atoms with E-state index in [9.17, 15) is 14.9 Å². The molecule has 0 fully saturated rings. The van der Waals surface area contributed by atoms with Crippen LogP contribution in [0.3, 0.4) is 0 Å². The molecule has 0 atom stereocenters. The molecule has 0 bridgehead atoms. The lowest BCUT2D eigenvalue weighted by Gasteiger charge is -2.02. The van der Waals surface area contributed by atoms with Crippen LogP contribution in [-0.4, -0.2) is 16.0 Å². The molecule has 0 aliphatic heterocycles. The Balaban J connectivity index is 2.97. The Morgan fingerprint density at radius 3 is 2.80 bits per heavy atom. The van der Waals surface area contributed by atoms with E-state index in [2.05, 4.69) is 0 Å². The van der Waals surface area contributed by atoms with Gasteiger partial charge in [-0.3, -0.25) is 14.9 Å². The SMILES string of the molecule is CCC(=O)Oc1ccc(O)c([N+](=O)[O-])c1. The number of benzene rings is 1. The summed E-state index contributed by atoms with van der Waals surface area (Å²) in [4.78, 5) is 20.6. The van der Waals surface area contributed by atoms with E-state index in [1.54, 1.807) is 6.92 Å². The lowest BCUT2D eigenvalue weighted by molar-refractivity contribution is -0.385. The summed E-state index contributed by atoms with van der Waals surface area (Å²) in [5.74, 6) is -0.905. The molecule has 0 aliphatic rings. The number of carbonyl (C=O) groups is 1. The molecule has 0 spiro atoms. The second-order valence-electron chi connectivity index (χ2n) is 2.74. The first-order chi connectivity index (χ1) is 7.04. The summed E-state index contributed by atoms with van der Waals surface area (Å²) in [6, 6.07) is 3.40. The zero-order valence-corrected chi connectivity index (χ0v) is 7.97. The summed E-state index contributed by atoms with van der Waals surface area (Å²) in [5, 5.41) is 19.5. The van der Waals surface area contributed by atoms with Crippen molar-refractivity contribution in [2.75, 3.05) is 0 Å². The van der Waals surface area contributed by atoms with Crippen LogP contribution in [0.4, 0.5) is 5.69 Å². The molecule has 80 valence electrons. The maximum absolute atomic E-state index is 10.9. The van der Waals surface area contributed by atoms with E-state index in [-0.39, 0.29) is 12.2 Å². The molecule has 6 nitrogen and oxygen atoms in total. The van der Waals surface area contributed by atoms with Gasteiger partial charge < -0.3 is 9.84 Å². The lowest BCUT2D eigenvalue weighted by atomic mass is 10.3. The minimum Gasteiger partial charge on any atom is -0.502 e. The van der Waals surface area contributed by atoms with E-state index in [0.717, 1.165) is 12.1 Å². The van der Waals surface area contributed by atoms with Crippen molar-refractivity contribution in [3.05, 3.63) is 28.3 Å². The maximum atomic E-state index is 10.9. The molecule has 15 heavy (non-hydrogen) atoms. The fourth-order valence-corrected chi connectivity index (χ4v) is 0.917. The summed E-state index contributed by atoms with van der Waals surface area (Å²) >= 11 is 0. The maximum Gasteiger partial charge on any atom is 0.314 e. The number of nitro benzene ring substituents is 1. The van der Waals surface area contributed by atoms with Crippen LogP contribution in [0.1, 0.15) is 13.3 Å². The van der Waals surface area contributed by atoms with E-state index < -0.39 is 22.3 Å². The van der Waals surface area contributed by atoms with Crippen molar-refractivity contribution in [1.82, 2.24) is 0 Å².